The summed E-state index contributed by atoms with van der Waals surface area (Å²) in [6, 6.07) is 0.305. The van der Waals surface area contributed by atoms with E-state index in [1.165, 1.54) is 19.3 Å². The third kappa shape index (κ3) is 4.64. The minimum absolute atomic E-state index is 0.0278. The van der Waals surface area contributed by atoms with E-state index in [0.29, 0.717) is 12.5 Å². The lowest BCUT2D eigenvalue weighted by Gasteiger charge is -2.23. The van der Waals surface area contributed by atoms with Crippen LogP contribution in [-0.4, -0.2) is 17.9 Å². The summed E-state index contributed by atoms with van der Waals surface area (Å²) >= 11 is 0. The van der Waals surface area contributed by atoms with Crippen molar-refractivity contribution < 1.29 is 14.7 Å². The van der Waals surface area contributed by atoms with Crippen LogP contribution in [-0.2, 0) is 9.59 Å². The van der Waals surface area contributed by atoms with Crippen LogP contribution in [0.4, 0.5) is 0 Å². The van der Waals surface area contributed by atoms with Crippen molar-refractivity contribution in [3.63, 3.8) is 0 Å². The number of hydrogen-bond donors (Lipinski definition) is 1. The van der Waals surface area contributed by atoms with Gasteiger partial charge in [-0.25, -0.2) is 0 Å². The number of carboxylic acid groups (broad SMARTS) is 1. The van der Waals surface area contributed by atoms with Crippen LogP contribution in [0.15, 0.2) is 0 Å². The van der Waals surface area contributed by atoms with Crippen LogP contribution >= 0.6 is 0 Å². The fraction of sp³-hybridized carbons (Fsp3) is 0.833. The van der Waals surface area contributed by atoms with Crippen LogP contribution in [0, 0.1) is 5.92 Å². The maximum absolute atomic E-state index is 11.5. The van der Waals surface area contributed by atoms with Gasteiger partial charge in [-0.1, -0.05) is 26.2 Å². The Labute approximate surface area is 96.4 Å². The average molecular weight is 226 g/mol. The van der Waals surface area contributed by atoms with Gasteiger partial charge < -0.3 is 15.2 Å². The zero-order chi connectivity index (χ0) is 12.0. The van der Waals surface area contributed by atoms with Crippen molar-refractivity contribution in [2.45, 2.75) is 57.9 Å². The largest absolute Gasteiger partial charge is 0.550 e. The summed E-state index contributed by atoms with van der Waals surface area (Å²) in [4.78, 5) is 22.0. The Bertz CT molecular complexity index is 247. The smallest absolute Gasteiger partial charge is 0.220 e. The highest BCUT2D eigenvalue weighted by Gasteiger charge is 2.16. The third-order valence-corrected chi connectivity index (χ3v) is 3.18. The second-order valence-electron chi connectivity index (χ2n) is 4.66. The molecule has 1 aliphatic carbocycles. The number of amides is 1. The molecule has 0 bridgehead atoms. The summed E-state index contributed by atoms with van der Waals surface area (Å²) in [5.74, 6) is -1.65. The molecule has 16 heavy (non-hydrogen) atoms. The van der Waals surface area contributed by atoms with E-state index in [-0.39, 0.29) is 12.3 Å². The zero-order valence-electron chi connectivity index (χ0n) is 9.83. The fourth-order valence-corrected chi connectivity index (χ4v) is 2.01. The van der Waals surface area contributed by atoms with Gasteiger partial charge in [0, 0.05) is 18.4 Å². The van der Waals surface area contributed by atoms with E-state index >= 15 is 0 Å². The fourth-order valence-electron chi connectivity index (χ4n) is 2.01. The van der Waals surface area contributed by atoms with Crippen LogP contribution in [0.5, 0.6) is 0 Å². The highest BCUT2D eigenvalue weighted by atomic mass is 16.4. The quantitative estimate of drug-likeness (QED) is 0.746. The van der Waals surface area contributed by atoms with Crippen molar-refractivity contribution in [3.05, 3.63) is 0 Å². The van der Waals surface area contributed by atoms with E-state index in [1.54, 1.807) is 6.92 Å². The number of rotatable bonds is 5. The lowest BCUT2D eigenvalue weighted by Crippen LogP contribution is -2.37. The average Bonchev–Trinajstić information content (AvgIpc) is 2.27. The Morgan fingerprint density at radius 2 is 1.94 bits per heavy atom. The minimum atomic E-state index is -1.08. The minimum Gasteiger partial charge on any atom is -0.550 e. The highest BCUT2D eigenvalue weighted by molar-refractivity contribution is 5.77. The molecule has 1 fully saturated rings. The van der Waals surface area contributed by atoms with Crippen molar-refractivity contribution in [2.75, 3.05) is 0 Å². The van der Waals surface area contributed by atoms with Gasteiger partial charge in [-0.2, -0.15) is 0 Å². The highest BCUT2D eigenvalue weighted by Crippen LogP contribution is 2.17. The van der Waals surface area contributed by atoms with Gasteiger partial charge in [0.15, 0.2) is 0 Å². The van der Waals surface area contributed by atoms with Crippen molar-refractivity contribution in [2.24, 2.45) is 5.92 Å². The molecule has 0 radical (unpaired) electrons. The lowest BCUT2D eigenvalue weighted by atomic mass is 9.95. The van der Waals surface area contributed by atoms with Crippen LogP contribution in [0.1, 0.15) is 51.9 Å². The van der Waals surface area contributed by atoms with Gasteiger partial charge in [0.1, 0.15) is 0 Å². The summed E-state index contributed by atoms with van der Waals surface area (Å²) in [6.07, 6.45) is 6.38. The standard InChI is InChI=1S/C12H21NO3/c1-9(12(15)16)7-8-11(14)13-10-5-3-2-4-6-10/h9-10H,2-8H2,1H3,(H,13,14)(H,15,16)/p-1/t9-/m1/s1. The van der Waals surface area contributed by atoms with E-state index in [0.717, 1.165) is 12.8 Å². The molecule has 92 valence electrons. The molecule has 0 unspecified atom stereocenters. The molecule has 0 aromatic carbocycles. The van der Waals surface area contributed by atoms with E-state index in [2.05, 4.69) is 5.32 Å². The molecule has 4 heteroatoms. The van der Waals surface area contributed by atoms with Gasteiger partial charge >= 0.3 is 0 Å². The summed E-state index contributed by atoms with van der Waals surface area (Å²) in [5.41, 5.74) is 0. The number of carbonyl (C=O) groups is 2. The van der Waals surface area contributed by atoms with E-state index < -0.39 is 11.9 Å². The van der Waals surface area contributed by atoms with Gasteiger partial charge in [-0.15, -0.1) is 0 Å². The van der Waals surface area contributed by atoms with E-state index in [4.69, 9.17) is 0 Å². The first-order valence-corrected chi connectivity index (χ1v) is 6.10. The first-order valence-electron chi connectivity index (χ1n) is 6.10. The van der Waals surface area contributed by atoms with Crippen molar-refractivity contribution in [3.8, 4) is 0 Å². The summed E-state index contributed by atoms with van der Waals surface area (Å²) in [6.45, 7) is 1.57. The Kier molecular flexibility index (Phi) is 5.29. The molecular formula is C12H20NO3-. The van der Waals surface area contributed by atoms with Crippen molar-refractivity contribution >= 4 is 11.9 Å². The Hall–Kier alpha value is -1.06. The van der Waals surface area contributed by atoms with E-state index in [1.807, 2.05) is 0 Å². The molecule has 0 saturated heterocycles. The van der Waals surface area contributed by atoms with Gasteiger partial charge in [0.2, 0.25) is 5.91 Å². The number of carbonyl (C=O) groups excluding carboxylic acids is 2. The monoisotopic (exact) mass is 226 g/mol. The first-order chi connectivity index (χ1) is 7.59. The second-order valence-corrected chi connectivity index (χ2v) is 4.66. The molecule has 1 saturated carbocycles. The van der Waals surface area contributed by atoms with Gasteiger partial charge in [-0.3, -0.25) is 4.79 Å². The summed E-state index contributed by atoms with van der Waals surface area (Å²) < 4.78 is 0. The molecule has 0 aromatic heterocycles. The topological polar surface area (TPSA) is 69.2 Å². The first kappa shape index (κ1) is 13.0. The molecule has 1 aliphatic rings. The molecule has 0 spiro atoms. The maximum Gasteiger partial charge on any atom is 0.220 e. The summed E-state index contributed by atoms with van der Waals surface area (Å²) in [5, 5.41) is 13.4. The van der Waals surface area contributed by atoms with Crippen molar-refractivity contribution in [1.29, 1.82) is 0 Å². The summed E-state index contributed by atoms with van der Waals surface area (Å²) in [7, 11) is 0. The second kappa shape index (κ2) is 6.51. The van der Waals surface area contributed by atoms with Crippen LogP contribution in [0.2, 0.25) is 0 Å². The predicted octanol–water partition coefficient (Wildman–Crippen LogP) is 0.601. The van der Waals surface area contributed by atoms with Gasteiger partial charge in [0.05, 0.1) is 0 Å². The van der Waals surface area contributed by atoms with Crippen molar-refractivity contribution in [1.82, 2.24) is 5.32 Å². The molecule has 1 N–H and O–H groups in total. The van der Waals surface area contributed by atoms with E-state index in [9.17, 15) is 14.7 Å². The van der Waals surface area contributed by atoms with Gasteiger partial charge in [0.25, 0.3) is 0 Å². The SMILES string of the molecule is C[C@H](CCC(=O)NC1CCCCC1)C(=O)[O-]. The molecule has 0 heterocycles. The Balaban J connectivity index is 2.17. The maximum atomic E-state index is 11.5. The number of aliphatic carboxylic acids is 1. The number of nitrogens with one attached hydrogen (secondary N) is 1. The molecule has 0 aliphatic heterocycles. The van der Waals surface area contributed by atoms with Gasteiger partial charge in [-0.05, 0) is 25.2 Å². The Morgan fingerprint density at radius 1 is 1.31 bits per heavy atom. The molecule has 0 aromatic rings. The predicted molar refractivity (Wildman–Crippen MR) is 58.4 cm³/mol. The third-order valence-electron chi connectivity index (χ3n) is 3.18. The van der Waals surface area contributed by atoms with Crippen LogP contribution < -0.4 is 10.4 Å². The zero-order valence-corrected chi connectivity index (χ0v) is 9.83. The van der Waals surface area contributed by atoms with Crippen LogP contribution in [0.3, 0.4) is 0 Å². The molecule has 1 rings (SSSR count). The molecule has 1 atom stereocenters. The normalized spacial score (nSPS) is 19.1. The Morgan fingerprint density at radius 3 is 2.50 bits per heavy atom. The van der Waals surface area contributed by atoms with Crippen LogP contribution in [0.25, 0.3) is 0 Å². The number of carboxylic acids is 1. The lowest BCUT2D eigenvalue weighted by molar-refractivity contribution is -0.311. The molecule has 4 nitrogen and oxygen atoms in total. The number of hydrogen-bond acceptors (Lipinski definition) is 3. The molecular weight excluding hydrogens is 206 g/mol. The molecule has 1 amide bonds.